The van der Waals surface area contributed by atoms with E-state index in [0.717, 1.165) is 18.7 Å². The number of amides is 1. The van der Waals surface area contributed by atoms with Gasteiger partial charge < -0.3 is 10.1 Å². The summed E-state index contributed by atoms with van der Waals surface area (Å²) in [5.41, 5.74) is 1.58. The molecule has 0 radical (unpaired) electrons. The molecule has 1 aromatic heterocycles. The predicted molar refractivity (Wildman–Crippen MR) is 116 cm³/mol. The Morgan fingerprint density at radius 1 is 1.13 bits per heavy atom. The maximum atomic E-state index is 12.7. The van der Waals surface area contributed by atoms with Crippen molar-refractivity contribution in [1.82, 2.24) is 20.0 Å². The van der Waals surface area contributed by atoms with E-state index in [1.165, 1.54) is 6.20 Å². The van der Waals surface area contributed by atoms with Gasteiger partial charge in [-0.2, -0.15) is 5.10 Å². The number of rotatable bonds is 6. The number of carbonyl (C=O) groups excluding carboxylic acids is 1. The highest BCUT2D eigenvalue weighted by Crippen LogP contribution is 2.23. The van der Waals surface area contributed by atoms with Crippen LogP contribution >= 0.6 is 11.6 Å². The Morgan fingerprint density at radius 3 is 2.63 bits per heavy atom. The molecule has 1 unspecified atom stereocenters. The number of para-hydroxylation sites is 1. The molecule has 0 spiro atoms. The lowest BCUT2D eigenvalue weighted by Gasteiger charge is -2.35. The Hall–Kier alpha value is -2.74. The van der Waals surface area contributed by atoms with Crippen molar-refractivity contribution in [1.29, 1.82) is 0 Å². The minimum Gasteiger partial charge on any atom is -0.379 e. The molecule has 156 valence electrons. The van der Waals surface area contributed by atoms with E-state index in [4.69, 9.17) is 16.3 Å². The van der Waals surface area contributed by atoms with Crippen LogP contribution in [0.2, 0.25) is 5.02 Å². The molecule has 0 bridgehead atoms. The van der Waals surface area contributed by atoms with E-state index in [2.05, 4.69) is 15.3 Å². The first-order valence-corrected chi connectivity index (χ1v) is 10.3. The molecule has 4 rings (SSSR count). The lowest BCUT2D eigenvalue weighted by atomic mass is 10.0. The number of hydrogen-bond acceptors (Lipinski definition) is 5. The maximum Gasteiger partial charge on any atom is 0.241 e. The van der Waals surface area contributed by atoms with Gasteiger partial charge in [-0.05, 0) is 29.8 Å². The number of benzene rings is 2. The number of carbonyl (C=O) groups is 1. The fourth-order valence-corrected chi connectivity index (χ4v) is 3.85. The third-order valence-corrected chi connectivity index (χ3v) is 5.54. The molecule has 0 saturated carbocycles. The number of ether oxygens (including phenoxy) is 1. The number of hydrogen-bond donors (Lipinski definition) is 1. The summed E-state index contributed by atoms with van der Waals surface area (Å²) in [5.74, 6) is -0.163. The summed E-state index contributed by atoms with van der Waals surface area (Å²) in [6.07, 6.45) is 1.25. The molecular formula is C22H23ClN4O3. The second-order valence-corrected chi connectivity index (χ2v) is 7.64. The van der Waals surface area contributed by atoms with Crippen molar-refractivity contribution in [2.24, 2.45) is 0 Å². The summed E-state index contributed by atoms with van der Waals surface area (Å²) >= 11 is 6.04. The highest BCUT2D eigenvalue weighted by atomic mass is 35.5. The van der Waals surface area contributed by atoms with Crippen LogP contribution in [0.5, 0.6) is 0 Å². The Labute approximate surface area is 179 Å². The van der Waals surface area contributed by atoms with Crippen molar-refractivity contribution in [3.63, 3.8) is 0 Å². The summed E-state index contributed by atoms with van der Waals surface area (Å²) in [7, 11) is 0. The number of nitrogens with zero attached hydrogens (tertiary/aromatic N) is 3. The molecule has 2 aromatic carbocycles. The monoisotopic (exact) mass is 426 g/mol. The van der Waals surface area contributed by atoms with Gasteiger partial charge in [0.2, 0.25) is 11.3 Å². The van der Waals surface area contributed by atoms with Crippen molar-refractivity contribution in [2.75, 3.05) is 32.8 Å². The average Bonchev–Trinajstić information content (AvgIpc) is 2.78. The maximum absolute atomic E-state index is 12.7. The minimum atomic E-state index is -0.163. The highest BCUT2D eigenvalue weighted by Gasteiger charge is 2.23. The van der Waals surface area contributed by atoms with E-state index in [0.29, 0.717) is 35.7 Å². The molecule has 1 atom stereocenters. The molecule has 2 heterocycles. The van der Waals surface area contributed by atoms with Gasteiger partial charge in [-0.3, -0.25) is 19.2 Å². The molecule has 3 aromatic rings. The molecule has 1 aliphatic heterocycles. The normalized spacial score (nSPS) is 15.8. The summed E-state index contributed by atoms with van der Waals surface area (Å²) in [5, 5.41) is 8.39. The average molecular weight is 427 g/mol. The van der Waals surface area contributed by atoms with Crippen molar-refractivity contribution >= 4 is 28.4 Å². The van der Waals surface area contributed by atoms with Gasteiger partial charge >= 0.3 is 0 Å². The van der Waals surface area contributed by atoms with E-state index in [1.807, 2.05) is 30.3 Å². The van der Waals surface area contributed by atoms with Crippen LogP contribution in [0.15, 0.2) is 59.5 Å². The van der Waals surface area contributed by atoms with Crippen LogP contribution in [-0.4, -0.2) is 53.4 Å². The molecule has 1 aliphatic rings. The predicted octanol–water partition coefficient (Wildman–Crippen LogP) is 2.24. The molecule has 1 saturated heterocycles. The fourth-order valence-electron chi connectivity index (χ4n) is 3.72. The number of morpholine rings is 1. The third kappa shape index (κ3) is 4.70. The number of aromatic nitrogens is 2. The van der Waals surface area contributed by atoms with E-state index in [9.17, 15) is 9.59 Å². The van der Waals surface area contributed by atoms with Gasteiger partial charge in [-0.15, -0.1) is 0 Å². The van der Waals surface area contributed by atoms with Gasteiger partial charge in [0.15, 0.2) is 0 Å². The van der Waals surface area contributed by atoms with Gasteiger partial charge in [0.05, 0.1) is 31.0 Å². The lowest BCUT2D eigenvalue weighted by molar-refractivity contribution is -0.122. The zero-order valence-corrected chi connectivity index (χ0v) is 17.2. The zero-order chi connectivity index (χ0) is 20.9. The van der Waals surface area contributed by atoms with Gasteiger partial charge in [-0.25, -0.2) is 0 Å². The Morgan fingerprint density at radius 2 is 1.87 bits per heavy atom. The molecule has 7 nitrogen and oxygen atoms in total. The van der Waals surface area contributed by atoms with Crippen LogP contribution in [0.3, 0.4) is 0 Å². The second-order valence-electron chi connectivity index (χ2n) is 7.20. The van der Waals surface area contributed by atoms with E-state index in [-0.39, 0.29) is 23.9 Å². The summed E-state index contributed by atoms with van der Waals surface area (Å²) in [4.78, 5) is 27.0. The number of fused-ring (bicyclic) bond motifs is 1. The first-order valence-electron chi connectivity index (χ1n) is 9.90. The quantitative estimate of drug-likeness (QED) is 0.654. The molecule has 30 heavy (non-hydrogen) atoms. The summed E-state index contributed by atoms with van der Waals surface area (Å²) in [6.45, 7) is 3.44. The van der Waals surface area contributed by atoms with Crippen molar-refractivity contribution in [3.05, 3.63) is 75.5 Å². The molecule has 1 N–H and O–H groups in total. The first kappa shape index (κ1) is 20.5. The van der Waals surface area contributed by atoms with E-state index in [1.54, 1.807) is 22.9 Å². The van der Waals surface area contributed by atoms with Gasteiger partial charge in [0.25, 0.3) is 0 Å². The zero-order valence-electron chi connectivity index (χ0n) is 16.5. The number of halogens is 1. The third-order valence-electron chi connectivity index (χ3n) is 5.29. The van der Waals surface area contributed by atoms with Gasteiger partial charge in [-0.1, -0.05) is 35.9 Å². The first-order chi connectivity index (χ1) is 14.6. The second kappa shape index (κ2) is 9.38. The van der Waals surface area contributed by atoms with Crippen LogP contribution in [0, 0.1) is 0 Å². The molecule has 1 amide bonds. The van der Waals surface area contributed by atoms with Gasteiger partial charge in [0, 0.05) is 30.0 Å². The van der Waals surface area contributed by atoms with Crippen LogP contribution in [0.25, 0.3) is 10.9 Å². The van der Waals surface area contributed by atoms with Crippen LogP contribution in [0.1, 0.15) is 11.6 Å². The Bertz CT molecular complexity index is 1080. The minimum absolute atomic E-state index is 0.0221. The Kier molecular flexibility index (Phi) is 6.42. The van der Waals surface area contributed by atoms with E-state index >= 15 is 0 Å². The SMILES string of the molecule is O=C(Cn1ncc(=O)c2ccccc21)NCC(c1ccc(Cl)cc1)N1CCOCC1. The molecule has 8 heteroatoms. The summed E-state index contributed by atoms with van der Waals surface area (Å²) < 4.78 is 7.03. The van der Waals surface area contributed by atoms with Crippen molar-refractivity contribution in [3.8, 4) is 0 Å². The van der Waals surface area contributed by atoms with Crippen LogP contribution in [-0.2, 0) is 16.1 Å². The van der Waals surface area contributed by atoms with E-state index < -0.39 is 0 Å². The standard InChI is InChI=1S/C22H23ClN4O3/c23-17-7-5-16(6-8-17)20(26-9-11-30-12-10-26)13-24-22(29)15-27-19-4-2-1-3-18(19)21(28)14-25-27/h1-8,14,20H,9-13,15H2,(H,24,29). The molecule has 1 fully saturated rings. The smallest absolute Gasteiger partial charge is 0.241 e. The summed E-state index contributed by atoms with van der Waals surface area (Å²) in [6, 6.07) is 14.9. The van der Waals surface area contributed by atoms with Crippen molar-refractivity contribution < 1.29 is 9.53 Å². The van der Waals surface area contributed by atoms with Crippen LogP contribution < -0.4 is 10.7 Å². The fraction of sp³-hybridized carbons (Fsp3) is 0.318. The Balaban J connectivity index is 1.48. The number of nitrogens with one attached hydrogen (secondary N) is 1. The largest absolute Gasteiger partial charge is 0.379 e. The topological polar surface area (TPSA) is 76.5 Å². The highest BCUT2D eigenvalue weighted by molar-refractivity contribution is 6.30. The molecular weight excluding hydrogens is 404 g/mol. The lowest BCUT2D eigenvalue weighted by Crippen LogP contribution is -2.44. The van der Waals surface area contributed by atoms with Crippen molar-refractivity contribution in [2.45, 2.75) is 12.6 Å². The van der Waals surface area contributed by atoms with Crippen LogP contribution in [0.4, 0.5) is 0 Å². The molecule has 0 aliphatic carbocycles. The van der Waals surface area contributed by atoms with Gasteiger partial charge in [0.1, 0.15) is 6.54 Å².